The SMILES string of the molecule is O=S(=O)(C1CCCCC1)C1CN(c2ccncc2)C1. The van der Waals surface area contributed by atoms with Crippen LogP contribution in [0.2, 0.25) is 0 Å². The van der Waals surface area contributed by atoms with Gasteiger partial charge in [-0.15, -0.1) is 0 Å². The summed E-state index contributed by atoms with van der Waals surface area (Å²) < 4.78 is 25.0. The Hall–Kier alpha value is -1.10. The molecule has 0 unspecified atom stereocenters. The summed E-state index contributed by atoms with van der Waals surface area (Å²) >= 11 is 0. The van der Waals surface area contributed by atoms with Crippen molar-refractivity contribution in [3.05, 3.63) is 24.5 Å². The van der Waals surface area contributed by atoms with Gasteiger partial charge in [0, 0.05) is 31.2 Å². The number of rotatable bonds is 3. The first-order valence-electron chi connectivity index (χ1n) is 7.05. The van der Waals surface area contributed by atoms with Crippen LogP contribution in [0, 0.1) is 0 Å². The van der Waals surface area contributed by atoms with E-state index in [2.05, 4.69) is 9.88 Å². The second-order valence-electron chi connectivity index (χ2n) is 5.58. The van der Waals surface area contributed by atoms with Gasteiger partial charge < -0.3 is 4.90 Å². The lowest BCUT2D eigenvalue weighted by atomic mass is 10.0. The zero-order chi connectivity index (χ0) is 13.3. The smallest absolute Gasteiger partial charge is 0.159 e. The Morgan fingerprint density at radius 3 is 2.26 bits per heavy atom. The lowest BCUT2D eigenvalue weighted by Gasteiger charge is -2.42. The minimum absolute atomic E-state index is 0.0779. The quantitative estimate of drug-likeness (QED) is 0.850. The lowest BCUT2D eigenvalue weighted by Crippen LogP contribution is -2.57. The predicted octanol–water partition coefficient (Wildman–Crippen LogP) is 2.02. The van der Waals surface area contributed by atoms with Crippen molar-refractivity contribution in [2.75, 3.05) is 18.0 Å². The van der Waals surface area contributed by atoms with Crippen LogP contribution in [0.1, 0.15) is 32.1 Å². The van der Waals surface area contributed by atoms with Crippen LogP contribution in [0.15, 0.2) is 24.5 Å². The molecule has 0 spiro atoms. The molecule has 1 aromatic rings. The van der Waals surface area contributed by atoms with E-state index < -0.39 is 9.84 Å². The number of sulfone groups is 1. The molecule has 2 heterocycles. The van der Waals surface area contributed by atoms with Crippen LogP contribution in [0.3, 0.4) is 0 Å². The molecule has 1 aliphatic carbocycles. The fourth-order valence-electron chi connectivity index (χ4n) is 3.08. The molecule has 2 fully saturated rings. The summed E-state index contributed by atoms with van der Waals surface area (Å²) in [7, 11) is -2.92. The van der Waals surface area contributed by atoms with Gasteiger partial charge >= 0.3 is 0 Å². The van der Waals surface area contributed by atoms with Crippen molar-refractivity contribution in [1.29, 1.82) is 0 Å². The summed E-state index contributed by atoms with van der Waals surface area (Å²) in [6, 6.07) is 3.87. The third-order valence-electron chi connectivity index (χ3n) is 4.36. The first-order chi connectivity index (χ1) is 9.18. The molecule has 1 aromatic heterocycles. The lowest BCUT2D eigenvalue weighted by molar-refractivity contribution is 0.467. The molecule has 3 rings (SSSR count). The van der Waals surface area contributed by atoms with Crippen LogP contribution in [0.4, 0.5) is 5.69 Å². The average molecular weight is 280 g/mol. The minimum atomic E-state index is -2.92. The molecule has 104 valence electrons. The molecular formula is C14H20N2O2S. The van der Waals surface area contributed by atoms with Crippen molar-refractivity contribution in [3.63, 3.8) is 0 Å². The summed E-state index contributed by atoms with van der Waals surface area (Å²) in [4.78, 5) is 6.10. The van der Waals surface area contributed by atoms with E-state index in [-0.39, 0.29) is 10.5 Å². The van der Waals surface area contributed by atoms with E-state index in [1.54, 1.807) is 12.4 Å². The van der Waals surface area contributed by atoms with Gasteiger partial charge in [0.1, 0.15) is 0 Å². The van der Waals surface area contributed by atoms with E-state index in [1.165, 1.54) is 6.42 Å². The van der Waals surface area contributed by atoms with Crippen LogP contribution in [0.5, 0.6) is 0 Å². The van der Waals surface area contributed by atoms with Gasteiger partial charge in [0.25, 0.3) is 0 Å². The largest absolute Gasteiger partial charge is 0.369 e. The van der Waals surface area contributed by atoms with E-state index in [1.807, 2.05) is 12.1 Å². The Kier molecular flexibility index (Phi) is 3.48. The van der Waals surface area contributed by atoms with E-state index in [0.717, 1.165) is 31.4 Å². The molecule has 4 nitrogen and oxygen atoms in total. The fraction of sp³-hybridized carbons (Fsp3) is 0.643. The van der Waals surface area contributed by atoms with Gasteiger partial charge in [0.15, 0.2) is 9.84 Å². The fourth-order valence-corrected chi connectivity index (χ4v) is 5.39. The molecule has 0 aromatic carbocycles. The molecule has 0 amide bonds. The van der Waals surface area contributed by atoms with Crippen LogP contribution in [-0.4, -0.2) is 37.0 Å². The highest BCUT2D eigenvalue weighted by molar-refractivity contribution is 7.92. The highest BCUT2D eigenvalue weighted by atomic mass is 32.2. The zero-order valence-corrected chi connectivity index (χ0v) is 11.8. The van der Waals surface area contributed by atoms with E-state index in [9.17, 15) is 8.42 Å². The Morgan fingerprint density at radius 2 is 1.63 bits per heavy atom. The van der Waals surface area contributed by atoms with Gasteiger partial charge in [-0.2, -0.15) is 0 Å². The monoisotopic (exact) mass is 280 g/mol. The molecule has 2 aliphatic rings. The Labute approximate surface area is 114 Å². The van der Waals surface area contributed by atoms with Crippen LogP contribution in [-0.2, 0) is 9.84 Å². The third-order valence-corrected chi connectivity index (χ3v) is 6.99. The van der Waals surface area contributed by atoms with Crippen molar-refractivity contribution in [2.24, 2.45) is 0 Å². The molecule has 1 saturated heterocycles. The predicted molar refractivity (Wildman–Crippen MR) is 76.0 cm³/mol. The Bertz CT molecular complexity index is 518. The summed E-state index contributed by atoms with van der Waals surface area (Å²) in [5, 5.41) is -0.241. The van der Waals surface area contributed by atoms with Crippen LogP contribution >= 0.6 is 0 Å². The molecule has 0 atom stereocenters. The molecule has 19 heavy (non-hydrogen) atoms. The molecule has 1 saturated carbocycles. The molecule has 1 aliphatic heterocycles. The maximum Gasteiger partial charge on any atom is 0.159 e. The molecular weight excluding hydrogens is 260 g/mol. The summed E-state index contributed by atoms with van der Waals surface area (Å²) in [6.45, 7) is 1.28. The third kappa shape index (κ3) is 2.48. The standard InChI is InChI=1S/C14H20N2O2S/c17-19(18,13-4-2-1-3-5-13)14-10-16(11-14)12-6-8-15-9-7-12/h6-9,13-14H,1-5,10-11H2. The summed E-state index contributed by atoms with van der Waals surface area (Å²) in [5.74, 6) is 0. The molecule has 0 N–H and O–H groups in total. The topological polar surface area (TPSA) is 50.3 Å². The van der Waals surface area contributed by atoms with Crippen LogP contribution in [0.25, 0.3) is 0 Å². The van der Waals surface area contributed by atoms with Crippen molar-refractivity contribution >= 4 is 15.5 Å². The normalized spacial score (nSPS) is 22.2. The molecule has 5 heteroatoms. The maximum absolute atomic E-state index is 12.5. The molecule has 0 radical (unpaired) electrons. The van der Waals surface area contributed by atoms with E-state index in [4.69, 9.17) is 0 Å². The number of hydrogen-bond acceptors (Lipinski definition) is 4. The van der Waals surface area contributed by atoms with Crippen molar-refractivity contribution in [2.45, 2.75) is 42.6 Å². The number of anilines is 1. The van der Waals surface area contributed by atoms with Gasteiger partial charge in [-0.25, -0.2) is 8.42 Å². The first-order valence-corrected chi connectivity index (χ1v) is 8.66. The Balaban J connectivity index is 1.63. The average Bonchev–Trinajstić information content (AvgIpc) is 2.39. The van der Waals surface area contributed by atoms with Gasteiger partial charge in [-0.1, -0.05) is 19.3 Å². The molecule has 0 bridgehead atoms. The van der Waals surface area contributed by atoms with E-state index in [0.29, 0.717) is 13.1 Å². The minimum Gasteiger partial charge on any atom is -0.369 e. The number of aromatic nitrogens is 1. The number of nitrogens with zero attached hydrogens (tertiary/aromatic N) is 2. The maximum atomic E-state index is 12.5. The summed E-state index contributed by atoms with van der Waals surface area (Å²) in [5.41, 5.74) is 1.07. The van der Waals surface area contributed by atoms with Crippen molar-refractivity contribution < 1.29 is 8.42 Å². The van der Waals surface area contributed by atoms with Gasteiger partial charge in [-0.05, 0) is 25.0 Å². The van der Waals surface area contributed by atoms with Gasteiger partial charge in [0.2, 0.25) is 0 Å². The highest BCUT2D eigenvalue weighted by Crippen LogP contribution is 2.31. The van der Waals surface area contributed by atoms with Crippen molar-refractivity contribution in [3.8, 4) is 0 Å². The highest BCUT2D eigenvalue weighted by Gasteiger charge is 2.41. The van der Waals surface area contributed by atoms with E-state index >= 15 is 0 Å². The van der Waals surface area contributed by atoms with Crippen LogP contribution < -0.4 is 4.90 Å². The Morgan fingerprint density at radius 1 is 1.00 bits per heavy atom. The first kappa shape index (κ1) is 12.9. The van der Waals surface area contributed by atoms with Crippen molar-refractivity contribution in [1.82, 2.24) is 4.98 Å². The second-order valence-corrected chi connectivity index (χ2v) is 8.09. The van der Waals surface area contributed by atoms with Gasteiger partial charge in [0.05, 0.1) is 10.5 Å². The summed E-state index contributed by atoms with van der Waals surface area (Å²) in [6.07, 6.45) is 8.58. The number of pyridine rings is 1. The zero-order valence-electron chi connectivity index (χ0n) is 11.0. The van der Waals surface area contributed by atoms with Gasteiger partial charge in [-0.3, -0.25) is 4.98 Å². The number of hydrogen-bond donors (Lipinski definition) is 0. The second kappa shape index (κ2) is 5.12.